The van der Waals surface area contributed by atoms with Gasteiger partial charge in [0.05, 0.1) is 0 Å². The van der Waals surface area contributed by atoms with Crippen LogP contribution < -0.4 is 25.4 Å². The molecule has 0 radical (unpaired) electrons. The Morgan fingerprint density at radius 1 is 1.06 bits per heavy atom. The minimum Gasteiger partial charge on any atom is -0.454 e. The van der Waals surface area contributed by atoms with E-state index in [-0.39, 0.29) is 30.2 Å². The summed E-state index contributed by atoms with van der Waals surface area (Å²) in [6.07, 6.45) is 1.80. The summed E-state index contributed by atoms with van der Waals surface area (Å²) >= 11 is 0. The van der Waals surface area contributed by atoms with E-state index in [9.17, 15) is 9.59 Å². The van der Waals surface area contributed by atoms with E-state index in [2.05, 4.69) is 20.9 Å². The normalized spacial score (nSPS) is 15.2. The average molecular weight is 463 g/mol. The van der Waals surface area contributed by atoms with E-state index in [0.29, 0.717) is 35.4 Å². The van der Waals surface area contributed by atoms with Crippen molar-refractivity contribution in [3.05, 3.63) is 59.6 Å². The second-order valence-electron chi connectivity index (χ2n) is 8.38. The molecule has 9 heteroatoms. The molecule has 3 aromatic rings. The van der Waals surface area contributed by atoms with E-state index in [4.69, 9.17) is 13.9 Å². The van der Waals surface area contributed by atoms with Crippen molar-refractivity contribution in [2.24, 2.45) is 0 Å². The number of rotatable bonds is 6. The zero-order chi connectivity index (χ0) is 23.5. The summed E-state index contributed by atoms with van der Waals surface area (Å²) in [5, 5.41) is 9.02. The number of nitrogens with zero attached hydrogens (tertiary/aromatic N) is 1. The number of nitrogens with one attached hydrogen (secondary N) is 3. The van der Waals surface area contributed by atoms with Crippen molar-refractivity contribution < 1.29 is 23.5 Å². The molecule has 0 aliphatic carbocycles. The third-order valence-electron chi connectivity index (χ3n) is 5.90. The summed E-state index contributed by atoms with van der Waals surface area (Å²) in [7, 11) is 0. The number of amides is 2. The SMILES string of the molecule is CC(=O)Nc1ccc(-c2oc(C3CCNCC3)nc2C(=O)NCc2ccc3c(c2)OCO3)cc1. The number of oxazole rings is 1. The highest BCUT2D eigenvalue weighted by molar-refractivity contribution is 5.98. The number of fused-ring (bicyclic) bond motifs is 1. The highest BCUT2D eigenvalue weighted by Gasteiger charge is 2.27. The Morgan fingerprint density at radius 3 is 2.59 bits per heavy atom. The lowest BCUT2D eigenvalue weighted by Gasteiger charge is -2.19. The molecule has 2 amide bonds. The Labute approximate surface area is 196 Å². The summed E-state index contributed by atoms with van der Waals surface area (Å²) in [5.74, 6) is 2.06. The second-order valence-corrected chi connectivity index (χ2v) is 8.38. The molecule has 2 aliphatic heterocycles. The van der Waals surface area contributed by atoms with Gasteiger partial charge >= 0.3 is 0 Å². The van der Waals surface area contributed by atoms with Crippen molar-refractivity contribution >= 4 is 17.5 Å². The molecular formula is C25H26N4O5. The minimum absolute atomic E-state index is 0.149. The average Bonchev–Trinajstić information content (AvgIpc) is 3.50. The number of benzene rings is 2. The molecule has 176 valence electrons. The summed E-state index contributed by atoms with van der Waals surface area (Å²) in [5.41, 5.74) is 2.53. The van der Waals surface area contributed by atoms with Gasteiger partial charge in [-0.15, -0.1) is 0 Å². The molecule has 0 atom stereocenters. The van der Waals surface area contributed by atoms with E-state index < -0.39 is 0 Å². The molecule has 3 heterocycles. The van der Waals surface area contributed by atoms with Crippen LogP contribution in [0.4, 0.5) is 5.69 Å². The van der Waals surface area contributed by atoms with Crippen molar-refractivity contribution in [1.29, 1.82) is 0 Å². The highest BCUT2D eigenvalue weighted by atomic mass is 16.7. The number of ether oxygens (including phenoxy) is 2. The van der Waals surface area contributed by atoms with E-state index in [1.807, 2.05) is 30.3 Å². The van der Waals surface area contributed by atoms with Gasteiger partial charge in [0.2, 0.25) is 12.7 Å². The topological polar surface area (TPSA) is 115 Å². The van der Waals surface area contributed by atoms with Gasteiger partial charge in [-0.3, -0.25) is 9.59 Å². The number of carbonyl (C=O) groups excluding carboxylic acids is 2. The Kier molecular flexibility index (Phi) is 6.18. The first-order valence-corrected chi connectivity index (χ1v) is 11.3. The van der Waals surface area contributed by atoms with Crippen LogP contribution in [0.2, 0.25) is 0 Å². The predicted octanol–water partition coefficient (Wildman–Crippen LogP) is 3.43. The lowest BCUT2D eigenvalue weighted by atomic mass is 9.98. The molecule has 0 bridgehead atoms. The monoisotopic (exact) mass is 462 g/mol. The largest absolute Gasteiger partial charge is 0.454 e. The molecule has 0 unspecified atom stereocenters. The van der Waals surface area contributed by atoms with Crippen LogP contribution in [0.5, 0.6) is 11.5 Å². The fourth-order valence-corrected chi connectivity index (χ4v) is 4.15. The molecule has 1 saturated heterocycles. The number of anilines is 1. The minimum atomic E-state index is -0.317. The maximum absolute atomic E-state index is 13.2. The summed E-state index contributed by atoms with van der Waals surface area (Å²) in [4.78, 5) is 29.2. The number of hydrogen-bond acceptors (Lipinski definition) is 7. The Morgan fingerprint density at radius 2 is 1.82 bits per heavy atom. The van der Waals surface area contributed by atoms with Crippen LogP contribution >= 0.6 is 0 Å². The van der Waals surface area contributed by atoms with Gasteiger partial charge in [0.15, 0.2) is 28.8 Å². The summed E-state index contributed by atoms with van der Waals surface area (Å²) in [6, 6.07) is 12.7. The van der Waals surface area contributed by atoms with Gasteiger partial charge in [0.25, 0.3) is 5.91 Å². The number of aromatic nitrogens is 1. The molecule has 1 fully saturated rings. The van der Waals surface area contributed by atoms with E-state index in [1.54, 1.807) is 12.1 Å². The first-order chi connectivity index (χ1) is 16.6. The third-order valence-corrected chi connectivity index (χ3v) is 5.90. The molecule has 1 aromatic heterocycles. The molecule has 34 heavy (non-hydrogen) atoms. The van der Waals surface area contributed by atoms with Crippen molar-refractivity contribution in [2.45, 2.75) is 32.2 Å². The van der Waals surface area contributed by atoms with Crippen molar-refractivity contribution in [1.82, 2.24) is 15.6 Å². The molecule has 3 N–H and O–H groups in total. The fraction of sp³-hybridized carbons (Fsp3) is 0.320. The van der Waals surface area contributed by atoms with Crippen molar-refractivity contribution in [3.63, 3.8) is 0 Å². The van der Waals surface area contributed by atoms with Gasteiger partial charge in [-0.05, 0) is 67.9 Å². The lowest BCUT2D eigenvalue weighted by Crippen LogP contribution is -2.27. The molecule has 9 nitrogen and oxygen atoms in total. The van der Waals surface area contributed by atoms with Gasteiger partial charge in [-0.2, -0.15) is 0 Å². The van der Waals surface area contributed by atoms with Crippen LogP contribution in [0, 0.1) is 0 Å². The molecule has 2 aliphatic rings. The van der Waals surface area contributed by atoms with Gasteiger partial charge < -0.3 is 29.8 Å². The van der Waals surface area contributed by atoms with Gasteiger partial charge in [0, 0.05) is 30.6 Å². The zero-order valence-corrected chi connectivity index (χ0v) is 18.8. The van der Waals surface area contributed by atoms with Gasteiger partial charge in [-0.25, -0.2) is 4.98 Å². The summed E-state index contributed by atoms with van der Waals surface area (Å²) in [6.45, 7) is 3.75. The van der Waals surface area contributed by atoms with Crippen LogP contribution in [0.1, 0.15) is 47.6 Å². The van der Waals surface area contributed by atoms with Crippen molar-refractivity contribution in [2.75, 3.05) is 25.2 Å². The van der Waals surface area contributed by atoms with Crippen LogP contribution in [0.15, 0.2) is 46.9 Å². The Balaban J connectivity index is 1.39. The maximum Gasteiger partial charge on any atom is 0.274 e. The lowest BCUT2D eigenvalue weighted by molar-refractivity contribution is -0.114. The van der Waals surface area contributed by atoms with E-state index >= 15 is 0 Å². The van der Waals surface area contributed by atoms with E-state index in [0.717, 1.165) is 37.1 Å². The number of carbonyl (C=O) groups is 2. The quantitative estimate of drug-likeness (QED) is 0.514. The van der Waals surface area contributed by atoms with Crippen LogP contribution in [0.25, 0.3) is 11.3 Å². The molecular weight excluding hydrogens is 436 g/mol. The second kappa shape index (κ2) is 9.56. The van der Waals surface area contributed by atoms with Crippen LogP contribution in [0.3, 0.4) is 0 Å². The van der Waals surface area contributed by atoms with E-state index in [1.165, 1.54) is 6.92 Å². The molecule has 2 aromatic carbocycles. The number of hydrogen-bond donors (Lipinski definition) is 3. The van der Waals surface area contributed by atoms with Crippen LogP contribution in [-0.4, -0.2) is 36.7 Å². The molecule has 5 rings (SSSR count). The number of piperidine rings is 1. The smallest absolute Gasteiger partial charge is 0.274 e. The first-order valence-electron chi connectivity index (χ1n) is 11.3. The Hall–Kier alpha value is -3.85. The zero-order valence-electron chi connectivity index (χ0n) is 18.8. The Bertz CT molecular complexity index is 1200. The highest BCUT2D eigenvalue weighted by Crippen LogP contribution is 2.34. The van der Waals surface area contributed by atoms with Gasteiger partial charge in [0.1, 0.15) is 0 Å². The van der Waals surface area contributed by atoms with Crippen molar-refractivity contribution in [3.8, 4) is 22.8 Å². The predicted molar refractivity (Wildman–Crippen MR) is 125 cm³/mol. The third kappa shape index (κ3) is 4.74. The maximum atomic E-state index is 13.2. The standard InChI is InChI=1S/C25H26N4O5/c1-15(30)28-19-5-3-17(4-6-19)23-22(29-25(34-23)18-8-10-26-11-9-18)24(31)27-13-16-2-7-20-21(12-16)33-14-32-20/h2-7,12,18,26H,8-11,13-14H2,1H3,(H,27,31)(H,28,30). The van der Waals surface area contributed by atoms with Gasteiger partial charge in [-0.1, -0.05) is 6.07 Å². The first kappa shape index (κ1) is 22.0. The molecule has 0 saturated carbocycles. The van der Waals surface area contributed by atoms with Crippen LogP contribution in [-0.2, 0) is 11.3 Å². The fourth-order valence-electron chi connectivity index (χ4n) is 4.15. The molecule has 0 spiro atoms. The summed E-state index contributed by atoms with van der Waals surface area (Å²) < 4.78 is 16.9.